The van der Waals surface area contributed by atoms with Crippen LogP contribution in [-0.2, 0) is 12.6 Å². The molecular weight excluding hydrogens is 339 g/mol. The molecule has 0 heterocycles. The number of anilines is 1. The third kappa shape index (κ3) is 4.21. The minimum absolute atomic E-state index is 0.0827. The molecule has 140 valence electrons. The van der Waals surface area contributed by atoms with Gasteiger partial charge in [0.25, 0.3) is 0 Å². The van der Waals surface area contributed by atoms with Gasteiger partial charge >= 0.3 is 6.18 Å². The lowest BCUT2D eigenvalue weighted by Gasteiger charge is -2.19. The predicted molar refractivity (Wildman–Crippen MR) is 101 cm³/mol. The van der Waals surface area contributed by atoms with Crippen LogP contribution in [0.25, 0.3) is 5.57 Å². The van der Waals surface area contributed by atoms with E-state index in [0.29, 0.717) is 11.3 Å². The number of benzene rings is 2. The van der Waals surface area contributed by atoms with E-state index in [0.717, 1.165) is 35.7 Å². The fraction of sp³-hybridized carbons (Fsp3) is 0.333. The maximum Gasteiger partial charge on any atom is 0.417 e. The molecule has 0 saturated heterocycles. The van der Waals surface area contributed by atoms with Gasteiger partial charge in [0.05, 0.1) is 5.56 Å². The Morgan fingerprint density at radius 1 is 1.19 bits per heavy atom. The second kappa shape index (κ2) is 7.85. The van der Waals surface area contributed by atoms with Gasteiger partial charge in [-0.3, -0.25) is 0 Å². The lowest BCUT2D eigenvalue weighted by atomic mass is 10.0. The molecule has 0 atom stereocenters. The molecule has 26 heavy (non-hydrogen) atoms. The fourth-order valence-corrected chi connectivity index (χ4v) is 2.93. The highest BCUT2D eigenvalue weighted by molar-refractivity contribution is 5.67. The number of hydrogen-bond donors (Lipinski definition) is 1. The minimum Gasteiger partial charge on any atom is -0.457 e. The summed E-state index contributed by atoms with van der Waals surface area (Å²) in [7, 11) is 1.82. The van der Waals surface area contributed by atoms with E-state index in [9.17, 15) is 13.2 Å². The Bertz CT molecular complexity index is 810. The van der Waals surface area contributed by atoms with E-state index in [4.69, 9.17) is 4.74 Å². The zero-order chi connectivity index (χ0) is 19.5. The van der Waals surface area contributed by atoms with E-state index >= 15 is 0 Å². The number of aryl methyl sites for hydroxylation is 1. The Labute approximate surface area is 152 Å². The van der Waals surface area contributed by atoms with Gasteiger partial charge < -0.3 is 10.1 Å². The van der Waals surface area contributed by atoms with Crippen LogP contribution in [-0.4, -0.2) is 7.05 Å². The van der Waals surface area contributed by atoms with Gasteiger partial charge in [0.15, 0.2) is 0 Å². The molecule has 2 rings (SSSR count). The zero-order valence-electron chi connectivity index (χ0n) is 15.6. The van der Waals surface area contributed by atoms with Crippen molar-refractivity contribution in [1.29, 1.82) is 0 Å². The molecule has 2 aromatic carbocycles. The number of rotatable bonds is 6. The van der Waals surface area contributed by atoms with E-state index in [1.54, 1.807) is 13.0 Å². The van der Waals surface area contributed by atoms with E-state index < -0.39 is 11.7 Å². The van der Waals surface area contributed by atoms with E-state index in [1.165, 1.54) is 6.07 Å². The van der Waals surface area contributed by atoms with Crippen LogP contribution in [0.3, 0.4) is 0 Å². The molecule has 0 aliphatic carbocycles. The second-order valence-electron chi connectivity index (χ2n) is 6.33. The first kappa shape index (κ1) is 19.9. The smallest absolute Gasteiger partial charge is 0.417 e. The molecule has 1 N–H and O–H groups in total. The maximum atomic E-state index is 13.4. The standard InChI is InChI=1S/C21H24F3NO/c1-6-7-17-19(25-5)11-8-14(4)20(17)26-15-9-10-16(13(2)3)18(12-15)21(22,23)24/h8-12,25H,2,6-7H2,1,3-5H3. The van der Waals surface area contributed by atoms with Crippen LogP contribution in [0, 0.1) is 6.92 Å². The van der Waals surface area contributed by atoms with Crippen LogP contribution in [0.4, 0.5) is 18.9 Å². The summed E-state index contributed by atoms with van der Waals surface area (Å²) in [6.45, 7) is 9.14. The monoisotopic (exact) mass is 363 g/mol. The molecule has 0 aliphatic heterocycles. The largest absolute Gasteiger partial charge is 0.457 e. The molecular formula is C21H24F3NO. The van der Waals surface area contributed by atoms with Crippen molar-refractivity contribution in [2.75, 3.05) is 12.4 Å². The fourth-order valence-electron chi connectivity index (χ4n) is 2.93. The highest BCUT2D eigenvalue weighted by Crippen LogP contribution is 2.40. The minimum atomic E-state index is -4.47. The molecule has 0 amide bonds. The average Bonchev–Trinajstić information content (AvgIpc) is 2.57. The van der Waals surface area contributed by atoms with Crippen LogP contribution in [0.15, 0.2) is 36.9 Å². The molecule has 0 unspecified atom stereocenters. The van der Waals surface area contributed by atoms with Crippen molar-refractivity contribution in [2.45, 2.75) is 39.8 Å². The lowest BCUT2D eigenvalue weighted by Crippen LogP contribution is -2.09. The molecule has 0 radical (unpaired) electrons. The van der Waals surface area contributed by atoms with Crippen molar-refractivity contribution in [3.05, 3.63) is 59.2 Å². The summed E-state index contributed by atoms with van der Waals surface area (Å²) in [6, 6.07) is 7.87. The topological polar surface area (TPSA) is 21.3 Å². The summed E-state index contributed by atoms with van der Waals surface area (Å²) in [4.78, 5) is 0. The Morgan fingerprint density at radius 3 is 2.42 bits per heavy atom. The van der Waals surface area contributed by atoms with Gasteiger partial charge in [0.2, 0.25) is 0 Å². The molecule has 0 bridgehead atoms. The number of nitrogens with one attached hydrogen (secondary N) is 1. The van der Waals surface area contributed by atoms with Crippen molar-refractivity contribution in [3.8, 4) is 11.5 Å². The van der Waals surface area contributed by atoms with Gasteiger partial charge in [0, 0.05) is 18.3 Å². The molecule has 0 saturated carbocycles. The first-order valence-corrected chi connectivity index (χ1v) is 8.54. The van der Waals surface area contributed by atoms with E-state index in [1.807, 2.05) is 26.1 Å². The maximum absolute atomic E-state index is 13.4. The summed E-state index contributed by atoms with van der Waals surface area (Å²) < 4.78 is 46.2. The van der Waals surface area contributed by atoms with Crippen LogP contribution in [0.5, 0.6) is 11.5 Å². The van der Waals surface area contributed by atoms with E-state index in [2.05, 4.69) is 18.8 Å². The highest BCUT2D eigenvalue weighted by Gasteiger charge is 2.34. The van der Waals surface area contributed by atoms with Crippen LogP contribution < -0.4 is 10.1 Å². The van der Waals surface area contributed by atoms with Gasteiger partial charge in [-0.2, -0.15) is 13.2 Å². The molecule has 0 spiro atoms. The summed E-state index contributed by atoms with van der Waals surface area (Å²) in [5.41, 5.74) is 2.48. The van der Waals surface area contributed by atoms with Gasteiger partial charge in [-0.05, 0) is 49.6 Å². The van der Waals surface area contributed by atoms with Gasteiger partial charge in [-0.25, -0.2) is 0 Å². The van der Waals surface area contributed by atoms with Crippen molar-refractivity contribution < 1.29 is 17.9 Å². The zero-order valence-corrected chi connectivity index (χ0v) is 15.6. The summed E-state index contributed by atoms with van der Waals surface area (Å²) in [6.07, 6.45) is -2.80. The summed E-state index contributed by atoms with van der Waals surface area (Å²) in [5.74, 6) is 0.769. The summed E-state index contributed by atoms with van der Waals surface area (Å²) >= 11 is 0. The highest BCUT2D eigenvalue weighted by atomic mass is 19.4. The van der Waals surface area contributed by atoms with Gasteiger partial charge in [-0.1, -0.05) is 37.6 Å². The number of halogens is 3. The van der Waals surface area contributed by atoms with Crippen LogP contribution in [0.2, 0.25) is 0 Å². The number of allylic oxidation sites excluding steroid dienone is 1. The van der Waals surface area contributed by atoms with Crippen molar-refractivity contribution in [1.82, 2.24) is 0 Å². The number of ether oxygens (including phenoxy) is 1. The van der Waals surface area contributed by atoms with Crippen molar-refractivity contribution in [2.24, 2.45) is 0 Å². The Kier molecular flexibility index (Phi) is 6.01. The Balaban J connectivity index is 2.54. The molecule has 2 nitrogen and oxygen atoms in total. The van der Waals surface area contributed by atoms with Crippen molar-refractivity contribution >= 4 is 11.3 Å². The molecule has 5 heteroatoms. The third-order valence-electron chi connectivity index (χ3n) is 4.20. The number of alkyl halides is 3. The molecule has 2 aromatic rings. The van der Waals surface area contributed by atoms with E-state index in [-0.39, 0.29) is 11.3 Å². The predicted octanol–water partition coefficient (Wildman–Crippen LogP) is 6.83. The third-order valence-corrected chi connectivity index (χ3v) is 4.20. The molecule has 0 fully saturated rings. The lowest BCUT2D eigenvalue weighted by molar-refractivity contribution is -0.137. The average molecular weight is 363 g/mol. The number of hydrogen-bond acceptors (Lipinski definition) is 2. The first-order chi connectivity index (χ1) is 12.2. The summed E-state index contributed by atoms with van der Waals surface area (Å²) in [5, 5.41) is 3.12. The Hall–Kier alpha value is -2.43. The normalized spacial score (nSPS) is 11.3. The second-order valence-corrected chi connectivity index (χ2v) is 6.33. The van der Waals surface area contributed by atoms with Gasteiger partial charge in [-0.15, -0.1) is 0 Å². The van der Waals surface area contributed by atoms with Crippen LogP contribution >= 0.6 is 0 Å². The van der Waals surface area contributed by atoms with Crippen LogP contribution in [0.1, 0.15) is 42.5 Å². The first-order valence-electron chi connectivity index (χ1n) is 8.54. The molecule has 0 aliphatic rings. The Morgan fingerprint density at radius 2 is 1.88 bits per heavy atom. The molecule has 0 aromatic heterocycles. The van der Waals surface area contributed by atoms with Crippen molar-refractivity contribution in [3.63, 3.8) is 0 Å². The quantitative estimate of drug-likeness (QED) is 0.607. The SMILES string of the molecule is C=C(C)c1ccc(Oc2c(C)ccc(NC)c2CCC)cc1C(F)(F)F. The van der Waals surface area contributed by atoms with Gasteiger partial charge in [0.1, 0.15) is 11.5 Å².